The number of anilines is 1. The number of benzene rings is 2. The van der Waals surface area contributed by atoms with Crippen LogP contribution in [-0.4, -0.2) is 41.0 Å². The molecule has 1 aliphatic heterocycles. The van der Waals surface area contributed by atoms with E-state index in [1.807, 2.05) is 56.3 Å². The largest absolute Gasteiger partial charge is 0.449 e. The Hall–Kier alpha value is -3.25. The predicted molar refractivity (Wildman–Crippen MR) is 130 cm³/mol. The van der Waals surface area contributed by atoms with E-state index in [9.17, 15) is 9.59 Å². The van der Waals surface area contributed by atoms with Gasteiger partial charge in [0.25, 0.3) is 5.91 Å². The van der Waals surface area contributed by atoms with Gasteiger partial charge in [0.2, 0.25) is 0 Å². The van der Waals surface area contributed by atoms with Crippen molar-refractivity contribution in [3.8, 4) is 0 Å². The summed E-state index contributed by atoms with van der Waals surface area (Å²) in [6, 6.07) is 13.4. The molecule has 2 aromatic carbocycles. The maximum atomic E-state index is 13.4. The van der Waals surface area contributed by atoms with Crippen LogP contribution in [0.3, 0.4) is 0 Å². The third-order valence-electron chi connectivity index (χ3n) is 6.16. The van der Waals surface area contributed by atoms with E-state index >= 15 is 0 Å². The minimum atomic E-state index is -0.934. The Bertz CT molecular complexity index is 1200. The molecule has 0 radical (unpaired) electrons. The number of hydrogen-bond donors (Lipinski definition) is 1. The Morgan fingerprint density at radius 3 is 2.73 bits per heavy atom. The molecule has 1 N–H and O–H groups in total. The van der Waals surface area contributed by atoms with Gasteiger partial charge in [-0.1, -0.05) is 42.8 Å². The predicted octanol–water partition coefficient (Wildman–Crippen LogP) is 4.80. The Morgan fingerprint density at radius 1 is 1.18 bits per heavy atom. The van der Waals surface area contributed by atoms with E-state index in [-0.39, 0.29) is 5.91 Å². The molecule has 6 heteroatoms. The van der Waals surface area contributed by atoms with Crippen molar-refractivity contribution in [1.29, 1.82) is 0 Å². The summed E-state index contributed by atoms with van der Waals surface area (Å²) in [5.74, 6) is -0.832. The SMILES string of the molecule is CCCN1CCc2nc3ccccc3c(C(=O)OC(C)C(=O)Nc3ccc(C)cc3C)c2C1. The molecule has 6 nitrogen and oxygen atoms in total. The summed E-state index contributed by atoms with van der Waals surface area (Å²) in [5.41, 5.74) is 5.97. The lowest BCUT2D eigenvalue weighted by Gasteiger charge is -2.29. The highest BCUT2D eigenvalue weighted by Gasteiger charge is 2.28. The standard InChI is InChI=1S/C27H31N3O3/c1-5-13-30-14-12-24-21(16-30)25(20-8-6-7-9-23(20)28-24)27(32)33-19(4)26(31)29-22-11-10-17(2)15-18(22)3/h6-11,15,19H,5,12-14,16H2,1-4H3,(H,29,31). The number of nitrogens with one attached hydrogen (secondary N) is 1. The molecule has 0 bridgehead atoms. The molecule has 33 heavy (non-hydrogen) atoms. The van der Waals surface area contributed by atoms with E-state index in [0.29, 0.717) is 12.1 Å². The van der Waals surface area contributed by atoms with Crippen LogP contribution in [0.5, 0.6) is 0 Å². The van der Waals surface area contributed by atoms with Crippen LogP contribution in [-0.2, 0) is 22.5 Å². The number of carbonyl (C=O) groups excluding carboxylic acids is 2. The van der Waals surface area contributed by atoms with Crippen LogP contribution < -0.4 is 5.32 Å². The Labute approximate surface area is 195 Å². The number of rotatable bonds is 6. The van der Waals surface area contributed by atoms with Crippen LogP contribution in [0.1, 0.15) is 53.0 Å². The molecule has 0 spiro atoms. The minimum absolute atomic E-state index is 0.352. The van der Waals surface area contributed by atoms with Crippen molar-refractivity contribution in [2.45, 2.75) is 53.2 Å². The van der Waals surface area contributed by atoms with Crippen LogP contribution in [0.2, 0.25) is 0 Å². The molecule has 1 aliphatic rings. The van der Waals surface area contributed by atoms with E-state index in [2.05, 4.69) is 17.1 Å². The van der Waals surface area contributed by atoms with Gasteiger partial charge in [0, 0.05) is 41.8 Å². The van der Waals surface area contributed by atoms with Crippen molar-refractivity contribution in [2.75, 3.05) is 18.4 Å². The van der Waals surface area contributed by atoms with Gasteiger partial charge in [-0.05, 0) is 51.4 Å². The Balaban J connectivity index is 1.60. The number of esters is 1. The van der Waals surface area contributed by atoms with Gasteiger partial charge in [-0.25, -0.2) is 4.79 Å². The Morgan fingerprint density at radius 2 is 1.97 bits per heavy atom. The van der Waals surface area contributed by atoms with Crippen molar-refractivity contribution in [2.24, 2.45) is 0 Å². The van der Waals surface area contributed by atoms with E-state index in [1.54, 1.807) is 6.92 Å². The number of amides is 1. The molecule has 3 aromatic rings. The monoisotopic (exact) mass is 445 g/mol. The molecule has 2 heterocycles. The number of aromatic nitrogens is 1. The molecule has 1 amide bonds. The zero-order valence-corrected chi connectivity index (χ0v) is 19.8. The van der Waals surface area contributed by atoms with Crippen LogP contribution in [0, 0.1) is 13.8 Å². The summed E-state index contributed by atoms with van der Waals surface area (Å²) in [6.45, 7) is 10.3. The zero-order valence-electron chi connectivity index (χ0n) is 19.8. The lowest BCUT2D eigenvalue weighted by Crippen LogP contribution is -2.34. The summed E-state index contributed by atoms with van der Waals surface area (Å²) in [4.78, 5) is 33.4. The van der Waals surface area contributed by atoms with Gasteiger partial charge >= 0.3 is 5.97 Å². The lowest BCUT2D eigenvalue weighted by molar-refractivity contribution is -0.123. The fourth-order valence-electron chi connectivity index (χ4n) is 4.45. The Kier molecular flexibility index (Phi) is 6.75. The number of ether oxygens (including phenoxy) is 1. The van der Waals surface area contributed by atoms with Crippen molar-refractivity contribution in [1.82, 2.24) is 9.88 Å². The summed E-state index contributed by atoms with van der Waals surface area (Å²) >= 11 is 0. The highest BCUT2D eigenvalue weighted by Crippen LogP contribution is 2.29. The number of nitrogens with zero attached hydrogens (tertiary/aromatic N) is 2. The molecular formula is C27H31N3O3. The van der Waals surface area contributed by atoms with Crippen molar-refractivity contribution in [3.63, 3.8) is 0 Å². The smallest absolute Gasteiger partial charge is 0.339 e. The normalized spacial score (nSPS) is 14.5. The van der Waals surface area contributed by atoms with E-state index in [0.717, 1.165) is 64.9 Å². The molecule has 4 rings (SSSR count). The molecule has 1 unspecified atom stereocenters. The van der Waals surface area contributed by atoms with Gasteiger partial charge in [-0.2, -0.15) is 0 Å². The first-order valence-corrected chi connectivity index (χ1v) is 11.6. The maximum absolute atomic E-state index is 13.4. The number of hydrogen-bond acceptors (Lipinski definition) is 5. The molecule has 1 atom stereocenters. The van der Waals surface area contributed by atoms with Gasteiger partial charge in [-0.15, -0.1) is 0 Å². The maximum Gasteiger partial charge on any atom is 0.339 e. The summed E-state index contributed by atoms with van der Waals surface area (Å²) in [6.07, 6.45) is 0.908. The van der Waals surface area contributed by atoms with Crippen molar-refractivity contribution < 1.29 is 14.3 Å². The molecular weight excluding hydrogens is 414 g/mol. The van der Waals surface area contributed by atoms with Gasteiger partial charge in [0.15, 0.2) is 6.10 Å². The summed E-state index contributed by atoms with van der Waals surface area (Å²) in [7, 11) is 0. The number of para-hydroxylation sites is 1. The van der Waals surface area contributed by atoms with Crippen LogP contribution in [0.4, 0.5) is 5.69 Å². The first-order valence-electron chi connectivity index (χ1n) is 11.6. The quantitative estimate of drug-likeness (QED) is 0.552. The fourth-order valence-corrected chi connectivity index (χ4v) is 4.45. The number of carbonyl (C=O) groups is 2. The topological polar surface area (TPSA) is 71.5 Å². The van der Waals surface area contributed by atoms with Gasteiger partial charge in [-0.3, -0.25) is 14.7 Å². The zero-order chi connectivity index (χ0) is 23.5. The molecule has 0 saturated carbocycles. The van der Waals surface area contributed by atoms with Crippen LogP contribution in [0.25, 0.3) is 10.9 Å². The third kappa shape index (κ3) is 4.91. The van der Waals surface area contributed by atoms with E-state index in [1.165, 1.54) is 0 Å². The van der Waals surface area contributed by atoms with Crippen LogP contribution in [0.15, 0.2) is 42.5 Å². The van der Waals surface area contributed by atoms with Crippen molar-refractivity contribution in [3.05, 3.63) is 70.4 Å². The average molecular weight is 446 g/mol. The summed E-state index contributed by atoms with van der Waals surface area (Å²) < 4.78 is 5.71. The second kappa shape index (κ2) is 9.71. The lowest BCUT2D eigenvalue weighted by atomic mass is 9.95. The molecule has 0 aliphatic carbocycles. The molecule has 172 valence electrons. The molecule has 0 saturated heterocycles. The van der Waals surface area contributed by atoms with Gasteiger partial charge in [0.1, 0.15) is 0 Å². The van der Waals surface area contributed by atoms with Crippen LogP contribution >= 0.6 is 0 Å². The number of fused-ring (bicyclic) bond motifs is 2. The molecule has 0 fully saturated rings. The average Bonchev–Trinajstić information content (AvgIpc) is 2.79. The van der Waals surface area contributed by atoms with Gasteiger partial charge in [0.05, 0.1) is 11.1 Å². The highest BCUT2D eigenvalue weighted by atomic mass is 16.5. The first kappa shape index (κ1) is 22.9. The van der Waals surface area contributed by atoms with E-state index in [4.69, 9.17) is 9.72 Å². The second-order valence-electron chi connectivity index (χ2n) is 8.81. The van der Waals surface area contributed by atoms with Crippen molar-refractivity contribution >= 4 is 28.5 Å². The second-order valence-corrected chi connectivity index (χ2v) is 8.81. The summed E-state index contributed by atoms with van der Waals surface area (Å²) in [5, 5.41) is 3.65. The number of pyridine rings is 1. The highest BCUT2D eigenvalue weighted by molar-refractivity contribution is 6.06. The first-order chi connectivity index (χ1) is 15.9. The van der Waals surface area contributed by atoms with E-state index < -0.39 is 12.1 Å². The minimum Gasteiger partial charge on any atom is -0.449 e. The third-order valence-corrected chi connectivity index (χ3v) is 6.16. The fraction of sp³-hybridized carbons (Fsp3) is 0.370. The number of aryl methyl sites for hydroxylation is 2. The molecule has 1 aromatic heterocycles. The van der Waals surface area contributed by atoms with Gasteiger partial charge < -0.3 is 10.1 Å².